The maximum Gasteiger partial charge on any atom is 0.120 e. The van der Waals surface area contributed by atoms with E-state index in [1.54, 1.807) is 12.1 Å². The summed E-state index contributed by atoms with van der Waals surface area (Å²) in [7, 11) is 0. The van der Waals surface area contributed by atoms with Crippen molar-refractivity contribution in [1.82, 2.24) is 0 Å². The molecule has 98 valence electrons. The standard InChI is InChI=1S/C16H22O2/c1-15(2)11-8-9-16(15,3)14(10-11)18-13-6-4-12(17)5-7-13/h4-7,11,14,17H,8-10H2,1-3H3. The molecule has 3 unspecified atom stereocenters. The van der Waals surface area contributed by atoms with Gasteiger partial charge in [0, 0.05) is 5.41 Å². The Labute approximate surface area is 109 Å². The summed E-state index contributed by atoms with van der Waals surface area (Å²) < 4.78 is 6.19. The van der Waals surface area contributed by atoms with Gasteiger partial charge in [0.15, 0.2) is 0 Å². The van der Waals surface area contributed by atoms with E-state index >= 15 is 0 Å². The molecule has 0 saturated heterocycles. The van der Waals surface area contributed by atoms with Crippen LogP contribution in [0.15, 0.2) is 24.3 Å². The zero-order chi connectivity index (χ0) is 13.0. The number of aromatic hydroxyl groups is 1. The highest BCUT2D eigenvalue weighted by molar-refractivity contribution is 5.30. The van der Waals surface area contributed by atoms with E-state index in [-0.39, 0.29) is 5.41 Å². The highest BCUT2D eigenvalue weighted by atomic mass is 16.5. The summed E-state index contributed by atoms with van der Waals surface area (Å²) in [6.45, 7) is 7.17. The molecule has 1 N–H and O–H groups in total. The van der Waals surface area contributed by atoms with Crippen molar-refractivity contribution in [3.63, 3.8) is 0 Å². The van der Waals surface area contributed by atoms with Crippen LogP contribution in [0.3, 0.4) is 0 Å². The Morgan fingerprint density at radius 3 is 2.33 bits per heavy atom. The summed E-state index contributed by atoms with van der Waals surface area (Å²) in [6, 6.07) is 7.10. The lowest BCUT2D eigenvalue weighted by Crippen LogP contribution is -2.38. The molecular weight excluding hydrogens is 224 g/mol. The lowest BCUT2D eigenvalue weighted by atomic mass is 9.70. The highest BCUT2D eigenvalue weighted by Crippen LogP contribution is 2.66. The number of fused-ring (bicyclic) bond motifs is 2. The number of hydrogen-bond donors (Lipinski definition) is 1. The fourth-order valence-corrected chi connectivity index (χ4v) is 4.00. The lowest BCUT2D eigenvalue weighted by molar-refractivity contribution is 0.0301. The quantitative estimate of drug-likeness (QED) is 0.855. The van der Waals surface area contributed by atoms with E-state index in [0.717, 1.165) is 11.7 Å². The summed E-state index contributed by atoms with van der Waals surface area (Å²) in [4.78, 5) is 0. The van der Waals surface area contributed by atoms with Gasteiger partial charge >= 0.3 is 0 Å². The topological polar surface area (TPSA) is 29.5 Å². The first kappa shape index (κ1) is 11.9. The molecule has 0 aromatic heterocycles. The third kappa shape index (κ3) is 1.47. The van der Waals surface area contributed by atoms with Gasteiger partial charge in [-0.05, 0) is 54.9 Å². The van der Waals surface area contributed by atoms with Crippen molar-refractivity contribution >= 4 is 0 Å². The first-order chi connectivity index (χ1) is 8.43. The van der Waals surface area contributed by atoms with Crippen LogP contribution in [-0.4, -0.2) is 11.2 Å². The van der Waals surface area contributed by atoms with Crippen molar-refractivity contribution in [1.29, 1.82) is 0 Å². The van der Waals surface area contributed by atoms with Gasteiger partial charge in [0.2, 0.25) is 0 Å². The third-order valence-electron chi connectivity index (χ3n) is 5.83. The van der Waals surface area contributed by atoms with E-state index in [9.17, 15) is 5.11 Å². The van der Waals surface area contributed by atoms with Crippen molar-refractivity contribution in [2.24, 2.45) is 16.7 Å². The molecular formula is C16H22O2. The first-order valence-corrected chi connectivity index (χ1v) is 6.89. The average molecular weight is 246 g/mol. The highest BCUT2D eigenvalue weighted by Gasteiger charge is 2.62. The van der Waals surface area contributed by atoms with E-state index in [0.29, 0.717) is 17.3 Å². The number of rotatable bonds is 2. The molecule has 2 fully saturated rings. The van der Waals surface area contributed by atoms with E-state index in [1.165, 1.54) is 19.3 Å². The number of phenolic OH excluding ortho intramolecular Hbond substituents is 1. The second kappa shape index (κ2) is 3.66. The third-order valence-corrected chi connectivity index (χ3v) is 5.83. The van der Waals surface area contributed by atoms with Crippen LogP contribution >= 0.6 is 0 Å². The minimum atomic E-state index is 0.287. The summed E-state index contributed by atoms with van der Waals surface area (Å²) in [5.41, 5.74) is 0.671. The molecule has 2 heteroatoms. The van der Waals surface area contributed by atoms with Crippen molar-refractivity contribution in [3.8, 4) is 11.5 Å². The molecule has 1 aromatic carbocycles. The molecule has 2 bridgehead atoms. The van der Waals surface area contributed by atoms with Gasteiger partial charge in [-0.25, -0.2) is 0 Å². The van der Waals surface area contributed by atoms with E-state index in [4.69, 9.17) is 4.74 Å². The van der Waals surface area contributed by atoms with Crippen molar-refractivity contribution in [2.75, 3.05) is 0 Å². The zero-order valence-corrected chi connectivity index (χ0v) is 11.4. The Bertz CT molecular complexity index is 449. The molecule has 0 radical (unpaired) electrons. The maximum atomic E-state index is 9.30. The SMILES string of the molecule is CC1(C)C2CCC1(C)C(Oc1ccc(O)cc1)C2. The van der Waals surface area contributed by atoms with Gasteiger partial charge in [-0.2, -0.15) is 0 Å². The van der Waals surface area contributed by atoms with Gasteiger partial charge in [0.25, 0.3) is 0 Å². The zero-order valence-electron chi connectivity index (χ0n) is 11.4. The fourth-order valence-electron chi connectivity index (χ4n) is 4.00. The summed E-state index contributed by atoms with van der Waals surface area (Å²) >= 11 is 0. The Hall–Kier alpha value is -1.18. The van der Waals surface area contributed by atoms with Crippen LogP contribution in [0.25, 0.3) is 0 Å². The lowest BCUT2D eigenvalue weighted by Gasteiger charge is -2.38. The van der Waals surface area contributed by atoms with E-state index in [2.05, 4.69) is 20.8 Å². The van der Waals surface area contributed by atoms with Crippen LogP contribution in [0.1, 0.15) is 40.0 Å². The van der Waals surface area contributed by atoms with Crippen LogP contribution in [0.5, 0.6) is 11.5 Å². The molecule has 3 atom stereocenters. The number of benzene rings is 1. The molecule has 2 aliphatic rings. The predicted molar refractivity (Wildman–Crippen MR) is 71.8 cm³/mol. The molecule has 18 heavy (non-hydrogen) atoms. The maximum absolute atomic E-state index is 9.30. The molecule has 0 amide bonds. The van der Waals surface area contributed by atoms with Crippen molar-refractivity contribution in [2.45, 2.75) is 46.1 Å². The largest absolute Gasteiger partial charge is 0.508 e. The van der Waals surface area contributed by atoms with Crippen molar-refractivity contribution < 1.29 is 9.84 Å². The summed E-state index contributed by atoms with van der Waals surface area (Å²) in [6.07, 6.45) is 4.10. The molecule has 2 saturated carbocycles. The number of hydrogen-bond acceptors (Lipinski definition) is 2. The molecule has 0 aliphatic heterocycles. The molecule has 0 heterocycles. The smallest absolute Gasteiger partial charge is 0.120 e. The van der Waals surface area contributed by atoms with Gasteiger partial charge in [-0.3, -0.25) is 0 Å². The van der Waals surface area contributed by atoms with Gasteiger partial charge in [-0.15, -0.1) is 0 Å². The van der Waals surface area contributed by atoms with Crippen LogP contribution in [0, 0.1) is 16.7 Å². The van der Waals surface area contributed by atoms with Crippen LogP contribution in [0.2, 0.25) is 0 Å². The average Bonchev–Trinajstić information content (AvgIpc) is 2.65. The van der Waals surface area contributed by atoms with Gasteiger partial charge in [-0.1, -0.05) is 20.8 Å². The molecule has 0 spiro atoms. The minimum absolute atomic E-state index is 0.287. The molecule has 1 aromatic rings. The first-order valence-electron chi connectivity index (χ1n) is 6.89. The molecule has 3 rings (SSSR count). The number of ether oxygens (including phenoxy) is 1. The molecule has 2 aliphatic carbocycles. The fraction of sp³-hybridized carbons (Fsp3) is 0.625. The Morgan fingerprint density at radius 2 is 1.83 bits per heavy atom. The van der Waals surface area contributed by atoms with Gasteiger partial charge in [0.1, 0.15) is 17.6 Å². The Morgan fingerprint density at radius 1 is 1.17 bits per heavy atom. The Kier molecular flexibility index (Phi) is 2.42. The van der Waals surface area contributed by atoms with Crippen LogP contribution in [0.4, 0.5) is 0 Å². The van der Waals surface area contributed by atoms with E-state index in [1.807, 2.05) is 12.1 Å². The normalized spacial score (nSPS) is 36.8. The summed E-state index contributed by atoms with van der Waals surface area (Å²) in [5.74, 6) is 1.97. The monoisotopic (exact) mass is 246 g/mol. The second-order valence-electron chi connectivity index (χ2n) is 6.71. The second-order valence-corrected chi connectivity index (χ2v) is 6.71. The van der Waals surface area contributed by atoms with Crippen molar-refractivity contribution in [3.05, 3.63) is 24.3 Å². The summed E-state index contributed by atoms with van der Waals surface area (Å²) in [5, 5.41) is 9.30. The van der Waals surface area contributed by atoms with Crippen LogP contribution < -0.4 is 4.74 Å². The van der Waals surface area contributed by atoms with E-state index < -0.39 is 0 Å². The van der Waals surface area contributed by atoms with Crippen LogP contribution in [-0.2, 0) is 0 Å². The van der Waals surface area contributed by atoms with Gasteiger partial charge < -0.3 is 9.84 Å². The Balaban J connectivity index is 1.81. The molecule has 2 nitrogen and oxygen atoms in total. The van der Waals surface area contributed by atoms with Gasteiger partial charge in [0.05, 0.1) is 0 Å². The number of phenols is 1. The minimum Gasteiger partial charge on any atom is -0.508 e. The predicted octanol–water partition coefficient (Wildman–Crippen LogP) is 3.99.